The van der Waals surface area contributed by atoms with Gasteiger partial charge in [0, 0.05) is 43.8 Å². The predicted octanol–water partition coefficient (Wildman–Crippen LogP) is 5.41. The first-order valence-corrected chi connectivity index (χ1v) is 18.5. The second-order valence-electron chi connectivity index (χ2n) is 13.9. The van der Waals surface area contributed by atoms with E-state index in [-0.39, 0.29) is 89.3 Å². The van der Waals surface area contributed by atoms with Crippen LogP contribution in [-0.4, -0.2) is 86.9 Å². The molecule has 2 N–H and O–H groups in total. The lowest BCUT2D eigenvalue weighted by Gasteiger charge is -2.36. The smallest absolute Gasteiger partial charge is 0.416 e. The molecule has 8 rings (SSSR count). The molecule has 0 bridgehead atoms. The Morgan fingerprint density at radius 2 is 1.81 bits per heavy atom. The number of benzene rings is 2. The van der Waals surface area contributed by atoms with Crippen molar-refractivity contribution in [1.29, 1.82) is 0 Å². The van der Waals surface area contributed by atoms with Crippen molar-refractivity contribution >= 4 is 51.5 Å². The van der Waals surface area contributed by atoms with Crippen LogP contribution in [0.2, 0.25) is 5.02 Å². The summed E-state index contributed by atoms with van der Waals surface area (Å²) < 4.78 is 59.9. The van der Waals surface area contributed by atoms with E-state index >= 15 is 4.39 Å². The number of carbonyl (C=O) groups is 2. The number of amides is 2. The number of carbonyl (C=O) groups excluding carboxylic acids is 2. The highest BCUT2D eigenvalue weighted by molar-refractivity contribution is 6.33. The second kappa shape index (κ2) is 14.4. The van der Waals surface area contributed by atoms with Crippen molar-refractivity contribution in [2.45, 2.75) is 58.3 Å². The number of rotatable bonds is 8. The Morgan fingerprint density at radius 3 is 2.47 bits per heavy atom. The average molecular weight is 808 g/mol. The number of piperazine rings is 1. The van der Waals surface area contributed by atoms with Gasteiger partial charge in [0.1, 0.15) is 24.4 Å². The number of hydrogen-bond acceptors (Lipinski definition) is 10. The zero-order valence-corrected chi connectivity index (χ0v) is 31.3. The molecule has 1 aliphatic carbocycles. The second-order valence-corrected chi connectivity index (χ2v) is 14.4. The Hall–Kier alpha value is -6.11. The normalized spacial score (nSPS) is 15.1. The number of aromatic hydroxyl groups is 1. The molecular formula is C37H34ClF4N11O4. The number of aromatic nitrogens is 8. The minimum atomic E-state index is -4.65. The Labute approximate surface area is 325 Å². The Balaban J connectivity index is 1.18. The predicted molar refractivity (Wildman–Crippen MR) is 200 cm³/mol. The van der Waals surface area contributed by atoms with Crippen LogP contribution in [0.5, 0.6) is 5.75 Å². The third-order valence-electron chi connectivity index (χ3n) is 10.4. The summed E-state index contributed by atoms with van der Waals surface area (Å²) in [7, 11) is 0. The van der Waals surface area contributed by atoms with Gasteiger partial charge in [0.25, 0.3) is 11.5 Å². The molecule has 57 heavy (non-hydrogen) atoms. The lowest BCUT2D eigenvalue weighted by atomic mass is 9.93. The van der Waals surface area contributed by atoms with Crippen LogP contribution in [0, 0.1) is 12.7 Å². The highest BCUT2D eigenvalue weighted by atomic mass is 35.5. The molecule has 4 aromatic heterocycles. The van der Waals surface area contributed by atoms with E-state index in [1.807, 2.05) is 10.9 Å². The molecule has 0 atom stereocenters. The van der Waals surface area contributed by atoms with Crippen molar-refractivity contribution in [3.63, 3.8) is 0 Å². The van der Waals surface area contributed by atoms with Crippen LogP contribution in [0.3, 0.4) is 0 Å². The van der Waals surface area contributed by atoms with E-state index in [4.69, 9.17) is 11.6 Å². The molecule has 0 spiro atoms. The quantitative estimate of drug-likeness (QED) is 0.190. The van der Waals surface area contributed by atoms with Gasteiger partial charge >= 0.3 is 6.18 Å². The SMILES string of the molecule is CCc1c(N2CCN(C(=O)c3ncnc(C)c3O)CC2)c(=O)n2nc(-c3cc4cn(C5CCC5)nc4cc3F)nc2n1CC(=O)Nc1ccc(C(F)(F)F)cc1Cl. The van der Waals surface area contributed by atoms with Crippen LogP contribution in [-0.2, 0) is 23.9 Å². The average Bonchev–Trinajstić information content (AvgIpc) is 3.77. The van der Waals surface area contributed by atoms with Crippen molar-refractivity contribution in [3.05, 3.63) is 86.7 Å². The molecule has 296 valence electrons. The van der Waals surface area contributed by atoms with Gasteiger partial charge in [-0.3, -0.25) is 19.1 Å². The van der Waals surface area contributed by atoms with Crippen molar-refractivity contribution in [3.8, 4) is 17.1 Å². The van der Waals surface area contributed by atoms with E-state index < -0.39 is 41.5 Å². The number of halogens is 5. The van der Waals surface area contributed by atoms with Crippen molar-refractivity contribution in [1.82, 2.24) is 43.8 Å². The summed E-state index contributed by atoms with van der Waals surface area (Å²) in [6, 6.07) is 5.61. The molecule has 1 saturated carbocycles. The minimum Gasteiger partial charge on any atom is -0.504 e. The number of fused-ring (bicyclic) bond motifs is 2. The first-order valence-electron chi connectivity index (χ1n) is 18.1. The number of anilines is 2. The van der Waals surface area contributed by atoms with Gasteiger partial charge in [-0.05, 0) is 56.9 Å². The van der Waals surface area contributed by atoms with Gasteiger partial charge in [-0.15, -0.1) is 5.10 Å². The van der Waals surface area contributed by atoms with Gasteiger partial charge in [-0.25, -0.2) is 14.4 Å². The van der Waals surface area contributed by atoms with Crippen LogP contribution >= 0.6 is 11.6 Å². The van der Waals surface area contributed by atoms with E-state index in [2.05, 4.69) is 30.5 Å². The van der Waals surface area contributed by atoms with Gasteiger partial charge in [-0.1, -0.05) is 18.5 Å². The van der Waals surface area contributed by atoms with Crippen molar-refractivity contribution in [2.75, 3.05) is 36.4 Å². The monoisotopic (exact) mass is 807 g/mol. The summed E-state index contributed by atoms with van der Waals surface area (Å²) >= 11 is 6.14. The van der Waals surface area contributed by atoms with Gasteiger partial charge in [0.05, 0.1) is 44.8 Å². The van der Waals surface area contributed by atoms with E-state index in [0.717, 1.165) is 35.9 Å². The zero-order chi connectivity index (χ0) is 40.3. The minimum absolute atomic E-state index is 0.00114. The summed E-state index contributed by atoms with van der Waals surface area (Å²) in [5.74, 6) is -2.44. The standard InChI is InChI=1S/C37H34ClF4N11O4/c1-3-28-31(49-9-11-50(12-10-49)34(56)30-32(55)19(2)43-18-44-30)35(57)53-36(51(28)17-29(54)45-26-8-7-21(14-24(26)38)37(40,41)42)46-33(48-53)23-13-20-16-52(22-5-4-6-22)47-27(20)15-25(23)39/h7-8,13-16,18,22,55H,3-6,9-12,17H2,1-2H3,(H,45,54). The van der Waals surface area contributed by atoms with Crippen LogP contribution in [0.15, 0.2) is 47.7 Å². The molecule has 15 nitrogen and oxygen atoms in total. The van der Waals surface area contributed by atoms with Gasteiger partial charge in [-0.2, -0.15) is 27.8 Å². The molecule has 6 aromatic rings. The third kappa shape index (κ3) is 6.89. The molecule has 2 amide bonds. The molecular weight excluding hydrogens is 774 g/mol. The number of nitrogens with one attached hydrogen (secondary N) is 1. The maximum Gasteiger partial charge on any atom is 0.416 e. The van der Waals surface area contributed by atoms with E-state index in [1.54, 1.807) is 24.8 Å². The molecule has 2 fully saturated rings. The lowest BCUT2D eigenvalue weighted by molar-refractivity contribution is -0.137. The van der Waals surface area contributed by atoms with E-state index in [9.17, 15) is 32.7 Å². The van der Waals surface area contributed by atoms with Crippen LogP contribution < -0.4 is 15.8 Å². The fourth-order valence-electron chi connectivity index (χ4n) is 7.15. The number of alkyl halides is 3. The molecule has 5 heterocycles. The fraction of sp³-hybridized carbons (Fsp3) is 0.351. The Bertz CT molecular complexity index is 2650. The van der Waals surface area contributed by atoms with Crippen LogP contribution in [0.25, 0.3) is 28.1 Å². The molecule has 20 heteroatoms. The molecule has 1 saturated heterocycles. The molecule has 1 aliphatic heterocycles. The Morgan fingerprint density at radius 1 is 1.05 bits per heavy atom. The van der Waals surface area contributed by atoms with Gasteiger partial charge in [0.15, 0.2) is 17.3 Å². The highest BCUT2D eigenvalue weighted by Crippen LogP contribution is 2.35. The number of hydrogen-bond donors (Lipinski definition) is 2. The maximum absolute atomic E-state index is 15.8. The largest absolute Gasteiger partial charge is 0.504 e. The third-order valence-corrected chi connectivity index (χ3v) is 10.7. The highest BCUT2D eigenvalue weighted by Gasteiger charge is 2.33. The molecule has 2 aliphatic rings. The number of nitrogens with zero attached hydrogens (tertiary/aromatic N) is 10. The topological polar surface area (TPSA) is 169 Å². The summed E-state index contributed by atoms with van der Waals surface area (Å²) in [4.78, 5) is 57.1. The lowest BCUT2D eigenvalue weighted by Crippen LogP contribution is -2.51. The summed E-state index contributed by atoms with van der Waals surface area (Å²) in [5.41, 5.74) is -0.605. The van der Waals surface area contributed by atoms with Gasteiger partial charge < -0.3 is 24.8 Å². The Kier molecular flexibility index (Phi) is 9.57. The van der Waals surface area contributed by atoms with E-state index in [0.29, 0.717) is 22.7 Å². The first kappa shape index (κ1) is 37.8. The van der Waals surface area contributed by atoms with Crippen LogP contribution in [0.1, 0.15) is 59.7 Å². The number of aryl methyl sites for hydroxylation is 1. The fourth-order valence-corrected chi connectivity index (χ4v) is 7.38. The summed E-state index contributed by atoms with van der Waals surface area (Å²) in [6.45, 7) is 3.42. The van der Waals surface area contributed by atoms with E-state index in [1.165, 1.54) is 21.9 Å². The summed E-state index contributed by atoms with van der Waals surface area (Å²) in [5, 5.41) is 22.3. The maximum atomic E-state index is 15.8. The summed E-state index contributed by atoms with van der Waals surface area (Å²) in [6.07, 6.45) is 1.60. The van der Waals surface area contributed by atoms with Crippen LogP contribution in [0.4, 0.5) is 28.9 Å². The molecule has 0 unspecified atom stereocenters. The van der Waals surface area contributed by atoms with Gasteiger partial charge in [0.2, 0.25) is 11.7 Å². The zero-order valence-electron chi connectivity index (χ0n) is 30.5. The molecule has 0 radical (unpaired) electrons. The van der Waals surface area contributed by atoms with Crippen molar-refractivity contribution in [2.24, 2.45) is 0 Å². The van der Waals surface area contributed by atoms with Crippen molar-refractivity contribution < 1.29 is 32.3 Å². The molecule has 2 aromatic carbocycles. The first-order chi connectivity index (χ1) is 27.2.